The van der Waals surface area contributed by atoms with Crippen molar-refractivity contribution in [3.05, 3.63) is 34.1 Å². The number of nitrogens with zero attached hydrogens (tertiary/aromatic N) is 1. The molecule has 108 valence electrons. The number of carbonyl (C=O) groups is 1. The van der Waals surface area contributed by atoms with Gasteiger partial charge < -0.3 is 10.6 Å². The van der Waals surface area contributed by atoms with Crippen LogP contribution in [-0.2, 0) is 4.79 Å². The molecule has 20 heavy (non-hydrogen) atoms. The molecule has 2 unspecified atom stereocenters. The summed E-state index contributed by atoms with van der Waals surface area (Å²) < 4.78 is 13.0. The molecule has 1 aliphatic heterocycles. The van der Waals surface area contributed by atoms with Crippen molar-refractivity contribution >= 4 is 17.3 Å². The lowest BCUT2D eigenvalue weighted by atomic mass is 9.92. The molecule has 1 aromatic rings. The standard InChI is InChI=1S/C13H16FN3O3/c1-8-3-2-6-15-12(8)13(18)16-10-5-4-9(14)7-11(10)17(19)20/h4-5,7-8,12,15H,2-3,6H2,1H3,(H,16,18). The molecule has 2 N–H and O–H groups in total. The Hall–Kier alpha value is -2.02. The van der Waals surface area contributed by atoms with Gasteiger partial charge in [0.05, 0.1) is 17.0 Å². The molecule has 1 heterocycles. The molecule has 0 aliphatic carbocycles. The number of nitro groups is 1. The summed E-state index contributed by atoms with van der Waals surface area (Å²) in [6.07, 6.45) is 1.93. The van der Waals surface area contributed by atoms with E-state index in [1.807, 2.05) is 6.92 Å². The number of rotatable bonds is 3. The maximum absolute atomic E-state index is 13.0. The summed E-state index contributed by atoms with van der Waals surface area (Å²) in [5.41, 5.74) is -0.428. The lowest BCUT2D eigenvalue weighted by Gasteiger charge is -2.28. The number of piperidine rings is 1. The fourth-order valence-electron chi connectivity index (χ4n) is 2.37. The van der Waals surface area contributed by atoms with E-state index in [9.17, 15) is 19.3 Å². The number of anilines is 1. The van der Waals surface area contributed by atoms with Crippen LogP contribution in [-0.4, -0.2) is 23.4 Å². The third kappa shape index (κ3) is 3.11. The van der Waals surface area contributed by atoms with Crippen LogP contribution in [0.15, 0.2) is 18.2 Å². The largest absolute Gasteiger partial charge is 0.319 e. The van der Waals surface area contributed by atoms with Crippen LogP contribution in [0, 0.1) is 21.8 Å². The summed E-state index contributed by atoms with van der Waals surface area (Å²) in [5.74, 6) is -0.881. The SMILES string of the molecule is CC1CCCNC1C(=O)Nc1ccc(F)cc1[N+](=O)[O-]. The zero-order chi connectivity index (χ0) is 14.7. The van der Waals surface area contributed by atoms with Gasteiger partial charge >= 0.3 is 0 Å². The first-order valence-electron chi connectivity index (χ1n) is 6.47. The highest BCUT2D eigenvalue weighted by molar-refractivity contribution is 5.97. The molecule has 2 atom stereocenters. The van der Waals surface area contributed by atoms with E-state index in [2.05, 4.69) is 10.6 Å². The van der Waals surface area contributed by atoms with Crippen LogP contribution >= 0.6 is 0 Å². The second kappa shape index (κ2) is 5.96. The number of benzene rings is 1. The Balaban J connectivity index is 2.17. The predicted molar refractivity (Wildman–Crippen MR) is 71.9 cm³/mol. The minimum atomic E-state index is -0.712. The van der Waals surface area contributed by atoms with Gasteiger partial charge in [0.1, 0.15) is 11.5 Å². The highest BCUT2D eigenvalue weighted by atomic mass is 19.1. The van der Waals surface area contributed by atoms with Crippen LogP contribution in [0.25, 0.3) is 0 Å². The molecule has 1 amide bonds. The molecule has 6 nitrogen and oxygen atoms in total. The Labute approximate surface area is 115 Å². The third-order valence-corrected chi connectivity index (χ3v) is 3.47. The van der Waals surface area contributed by atoms with E-state index < -0.39 is 16.4 Å². The van der Waals surface area contributed by atoms with E-state index in [4.69, 9.17) is 0 Å². The summed E-state index contributed by atoms with van der Waals surface area (Å²) >= 11 is 0. The molecule has 2 rings (SSSR count). The summed E-state index contributed by atoms with van der Waals surface area (Å²) in [4.78, 5) is 22.3. The number of halogens is 1. The van der Waals surface area contributed by atoms with Crippen molar-refractivity contribution in [2.24, 2.45) is 5.92 Å². The summed E-state index contributed by atoms with van der Waals surface area (Å²) in [6, 6.07) is 2.71. The lowest BCUT2D eigenvalue weighted by molar-refractivity contribution is -0.384. The lowest BCUT2D eigenvalue weighted by Crippen LogP contribution is -2.48. The minimum absolute atomic E-state index is 0.0148. The number of nitro benzene ring substituents is 1. The first kappa shape index (κ1) is 14.4. The summed E-state index contributed by atoms with van der Waals surface area (Å²) in [5, 5.41) is 16.5. The molecule has 0 radical (unpaired) electrons. The monoisotopic (exact) mass is 281 g/mol. The van der Waals surface area contributed by atoms with Crippen molar-refractivity contribution in [3.8, 4) is 0 Å². The third-order valence-electron chi connectivity index (χ3n) is 3.47. The van der Waals surface area contributed by atoms with E-state index in [-0.39, 0.29) is 23.6 Å². The van der Waals surface area contributed by atoms with E-state index in [1.54, 1.807) is 0 Å². The number of hydrogen-bond donors (Lipinski definition) is 2. The number of hydrogen-bond acceptors (Lipinski definition) is 4. The number of amides is 1. The zero-order valence-electron chi connectivity index (χ0n) is 11.1. The Morgan fingerprint density at radius 2 is 2.30 bits per heavy atom. The Bertz CT molecular complexity index is 536. The second-order valence-electron chi connectivity index (χ2n) is 4.96. The highest BCUT2D eigenvalue weighted by Gasteiger charge is 2.28. The van der Waals surface area contributed by atoms with Crippen LogP contribution < -0.4 is 10.6 Å². The van der Waals surface area contributed by atoms with Crippen LogP contribution in [0.1, 0.15) is 19.8 Å². The van der Waals surface area contributed by atoms with Gasteiger partial charge in [-0.3, -0.25) is 14.9 Å². The Kier molecular flexibility index (Phi) is 4.29. The van der Waals surface area contributed by atoms with E-state index >= 15 is 0 Å². The van der Waals surface area contributed by atoms with Gasteiger partial charge in [-0.15, -0.1) is 0 Å². The molecule has 0 saturated carbocycles. The molecular weight excluding hydrogens is 265 g/mol. The maximum atomic E-state index is 13.0. The molecule has 0 spiro atoms. The Morgan fingerprint density at radius 1 is 1.55 bits per heavy atom. The van der Waals surface area contributed by atoms with Gasteiger partial charge in [-0.1, -0.05) is 6.92 Å². The first-order chi connectivity index (χ1) is 9.49. The van der Waals surface area contributed by atoms with Crippen LogP contribution in [0.2, 0.25) is 0 Å². The molecule has 1 aromatic carbocycles. The molecule has 1 fully saturated rings. The zero-order valence-corrected chi connectivity index (χ0v) is 11.1. The minimum Gasteiger partial charge on any atom is -0.319 e. The fourth-order valence-corrected chi connectivity index (χ4v) is 2.37. The maximum Gasteiger partial charge on any atom is 0.295 e. The van der Waals surface area contributed by atoms with Gasteiger partial charge in [0.25, 0.3) is 5.69 Å². The van der Waals surface area contributed by atoms with Gasteiger partial charge in [0, 0.05) is 0 Å². The average molecular weight is 281 g/mol. The second-order valence-corrected chi connectivity index (χ2v) is 4.96. The Morgan fingerprint density at radius 3 is 2.95 bits per heavy atom. The molecule has 1 saturated heterocycles. The number of carbonyl (C=O) groups excluding carboxylic acids is 1. The number of nitrogens with one attached hydrogen (secondary N) is 2. The van der Waals surface area contributed by atoms with E-state index in [0.717, 1.165) is 31.5 Å². The van der Waals surface area contributed by atoms with Crippen LogP contribution in [0.5, 0.6) is 0 Å². The van der Waals surface area contributed by atoms with Gasteiger partial charge in [0.15, 0.2) is 0 Å². The van der Waals surface area contributed by atoms with Gasteiger partial charge in [-0.05, 0) is 37.4 Å². The predicted octanol–water partition coefficient (Wildman–Crippen LogP) is 2.06. The van der Waals surface area contributed by atoms with Crippen molar-refractivity contribution in [1.29, 1.82) is 0 Å². The highest BCUT2D eigenvalue weighted by Crippen LogP contribution is 2.26. The molecule has 0 bridgehead atoms. The quantitative estimate of drug-likeness (QED) is 0.656. The molecule has 1 aliphatic rings. The normalized spacial score (nSPS) is 22.3. The average Bonchev–Trinajstić information content (AvgIpc) is 2.41. The van der Waals surface area contributed by atoms with Crippen molar-refractivity contribution in [3.63, 3.8) is 0 Å². The van der Waals surface area contributed by atoms with Crippen LogP contribution in [0.3, 0.4) is 0 Å². The smallest absolute Gasteiger partial charge is 0.295 e. The van der Waals surface area contributed by atoms with Crippen molar-refractivity contribution in [2.45, 2.75) is 25.8 Å². The molecule has 0 aromatic heterocycles. The van der Waals surface area contributed by atoms with Gasteiger partial charge in [0.2, 0.25) is 5.91 Å². The molecule has 7 heteroatoms. The van der Waals surface area contributed by atoms with Gasteiger partial charge in [-0.2, -0.15) is 0 Å². The summed E-state index contributed by atoms with van der Waals surface area (Å²) in [6.45, 7) is 2.70. The molecular formula is C13H16FN3O3. The van der Waals surface area contributed by atoms with Gasteiger partial charge in [-0.25, -0.2) is 4.39 Å². The topological polar surface area (TPSA) is 84.3 Å². The van der Waals surface area contributed by atoms with Crippen molar-refractivity contribution in [2.75, 3.05) is 11.9 Å². The van der Waals surface area contributed by atoms with Crippen molar-refractivity contribution < 1.29 is 14.1 Å². The van der Waals surface area contributed by atoms with E-state index in [1.165, 1.54) is 6.07 Å². The first-order valence-corrected chi connectivity index (χ1v) is 6.47. The fraction of sp³-hybridized carbons (Fsp3) is 0.462. The van der Waals surface area contributed by atoms with Crippen LogP contribution in [0.4, 0.5) is 15.8 Å². The van der Waals surface area contributed by atoms with Crippen molar-refractivity contribution in [1.82, 2.24) is 5.32 Å². The summed E-state index contributed by atoms with van der Waals surface area (Å²) in [7, 11) is 0. The van der Waals surface area contributed by atoms with E-state index in [0.29, 0.717) is 0 Å².